The number of hydrogen-bond donors (Lipinski definition) is 0. The third kappa shape index (κ3) is 3.71. The molecule has 2 aromatic rings. The Balaban J connectivity index is 1.77. The lowest BCUT2D eigenvalue weighted by Gasteiger charge is -2.34. The van der Waals surface area contributed by atoms with Crippen LogP contribution in [0.2, 0.25) is 5.02 Å². The van der Waals surface area contributed by atoms with E-state index in [0.717, 1.165) is 0 Å². The van der Waals surface area contributed by atoms with Crippen LogP contribution in [0, 0.1) is 21.4 Å². The highest BCUT2D eigenvalue weighted by Crippen LogP contribution is 2.26. The molecule has 1 aromatic heterocycles. The average Bonchev–Trinajstić information content (AvgIpc) is 2.67. The summed E-state index contributed by atoms with van der Waals surface area (Å²) >= 11 is 6.01. The number of nitriles is 1. The first-order chi connectivity index (χ1) is 12.8. The second-order valence-electron chi connectivity index (χ2n) is 5.73. The summed E-state index contributed by atoms with van der Waals surface area (Å²) in [6, 6.07) is 10.7. The van der Waals surface area contributed by atoms with Gasteiger partial charge in [-0.1, -0.05) is 23.7 Å². The molecule has 1 fully saturated rings. The molecule has 0 aliphatic carbocycles. The van der Waals surface area contributed by atoms with E-state index in [0.29, 0.717) is 18.9 Å². The summed E-state index contributed by atoms with van der Waals surface area (Å²) in [5.41, 5.74) is -0.634. The molecule has 1 aliphatic heterocycles. The van der Waals surface area contributed by atoms with Gasteiger partial charge in [-0.3, -0.25) is 10.1 Å². The lowest BCUT2D eigenvalue weighted by Crippen LogP contribution is -2.49. The molecule has 2 heterocycles. The second-order valence-corrected chi connectivity index (χ2v) is 8.04. The molecule has 0 amide bonds. The maximum absolute atomic E-state index is 12.8. The Hall–Kier alpha value is -2.74. The minimum atomic E-state index is -3.72. The Labute approximate surface area is 160 Å². The molecule has 11 heteroatoms. The van der Waals surface area contributed by atoms with Crippen LogP contribution in [0.1, 0.15) is 5.69 Å². The van der Waals surface area contributed by atoms with Gasteiger partial charge in [-0.05, 0) is 18.2 Å². The second kappa shape index (κ2) is 7.48. The van der Waals surface area contributed by atoms with Crippen molar-refractivity contribution in [3.63, 3.8) is 0 Å². The Morgan fingerprint density at radius 1 is 1.15 bits per heavy atom. The van der Waals surface area contributed by atoms with E-state index in [9.17, 15) is 18.5 Å². The van der Waals surface area contributed by atoms with Crippen molar-refractivity contribution in [1.82, 2.24) is 9.29 Å². The van der Waals surface area contributed by atoms with Gasteiger partial charge in [-0.15, -0.1) is 0 Å². The number of anilines is 1. The van der Waals surface area contributed by atoms with Gasteiger partial charge in [0.15, 0.2) is 0 Å². The van der Waals surface area contributed by atoms with Crippen molar-refractivity contribution in [2.24, 2.45) is 0 Å². The zero-order chi connectivity index (χ0) is 19.6. The van der Waals surface area contributed by atoms with Crippen LogP contribution in [-0.4, -0.2) is 48.8 Å². The number of nitrogens with zero attached hydrogens (tertiary/aromatic N) is 5. The van der Waals surface area contributed by atoms with Crippen molar-refractivity contribution in [2.75, 3.05) is 31.1 Å². The monoisotopic (exact) mass is 407 g/mol. The zero-order valence-electron chi connectivity index (χ0n) is 13.9. The van der Waals surface area contributed by atoms with Crippen molar-refractivity contribution >= 4 is 33.1 Å². The molecular weight excluding hydrogens is 394 g/mol. The van der Waals surface area contributed by atoms with Crippen LogP contribution < -0.4 is 4.90 Å². The number of aromatic nitrogens is 1. The predicted octanol–water partition coefficient (Wildman–Crippen LogP) is 2.03. The summed E-state index contributed by atoms with van der Waals surface area (Å²) in [6.07, 6.45) is 0. The third-order valence-corrected chi connectivity index (χ3v) is 6.58. The number of hydrogen-bond acceptors (Lipinski definition) is 7. The highest BCUT2D eigenvalue weighted by atomic mass is 35.5. The lowest BCUT2D eigenvalue weighted by atomic mass is 10.3. The first kappa shape index (κ1) is 19.0. The van der Waals surface area contributed by atoms with E-state index in [2.05, 4.69) is 4.98 Å². The SMILES string of the molecule is N#Cc1nc(N2CCN(S(=O)(=O)c3ccccc3Cl)CC2)ccc1[N+](=O)[O-]. The van der Waals surface area contributed by atoms with Gasteiger partial charge in [0, 0.05) is 32.2 Å². The largest absolute Gasteiger partial charge is 0.354 e. The summed E-state index contributed by atoms with van der Waals surface area (Å²) in [4.78, 5) is 16.1. The number of sulfonamides is 1. The minimum absolute atomic E-state index is 0.0559. The van der Waals surface area contributed by atoms with E-state index in [1.165, 1.54) is 28.6 Å². The van der Waals surface area contributed by atoms with Gasteiger partial charge in [0.05, 0.1) is 9.95 Å². The Bertz CT molecular complexity index is 1030. The molecule has 0 atom stereocenters. The molecule has 0 spiro atoms. The van der Waals surface area contributed by atoms with E-state index < -0.39 is 14.9 Å². The lowest BCUT2D eigenvalue weighted by molar-refractivity contribution is -0.385. The quantitative estimate of drug-likeness (QED) is 0.561. The number of benzene rings is 1. The van der Waals surface area contributed by atoms with Crippen molar-refractivity contribution < 1.29 is 13.3 Å². The number of pyridine rings is 1. The fourth-order valence-corrected chi connectivity index (χ4v) is 4.71. The third-order valence-electron chi connectivity index (χ3n) is 4.18. The van der Waals surface area contributed by atoms with Crippen molar-refractivity contribution in [3.05, 3.63) is 57.2 Å². The molecule has 1 aromatic carbocycles. The molecule has 0 bridgehead atoms. The Morgan fingerprint density at radius 2 is 1.81 bits per heavy atom. The number of halogens is 1. The predicted molar refractivity (Wildman–Crippen MR) is 98.0 cm³/mol. The molecule has 0 saturated carbocycles. The standard InChI is InChI=1S/C16H14ClN5O4S/c17-12-3-1-2-4-15(12)27(25,26)21-9-7-20(8-10-21)16-6-5-14(22(23)24)13(11-18)19-16/h1-6H,7-10H2. The maximum atomic E-state index is 12.8. The van der Waals surface area contributed by atoms with Gasteiger partial charge in [0.2, 0.25) is 15.7 Å². The summed E-state index contributed by atoms with van der Waals surface area (Å²) in [5, 5.41) is 20.1. The van der Waals surface area contributed by atoms with E-state index in [1.807, 2.05) is 0 Å². The van der Waals surface area contributed by atoms with Gasteiger partial charge >= 0.3 is 5.69 Å². The fourth-order valence-electron chi connectivity index (χ4n) is 2.80. The molecule has 1 saturated heterocycles. The average molecular weight is 408 g/mol. The molecule has 140 valence electrons. The summed E-state index contributed by atoms with van der Waals surface area (Å²) in [5.74, 6) is 0.395. The van der Waals surface area contributed by atoms with E-state index >= 15 is 0 Å². The molecule has 0 unspecified atom stereocenters. The normalized spacial score (nSPS) is 15.3. The molecular formula is C16H14ClN5O4S. The summed E-state index contributed by atoms with van der Waals surface area (Å²) in [6.45, 7) is 1.07. The van der Waals surface area contributed by atoms with Crippen LogP contribution in [-0.2, 0) is 10.0 Å². The maximum Gasteiger partial charge on any atom is 0.305 e. The summed E-state index contributed by atoms with van der Waals surface area (Å²) < 4.78 is 26.9. The Morgan fingerprint density at radius 3 is 2.41 bits per heavy atom. The zero-order valence-corrected chi connectivity index (χ0v) is 15.5. The van der Waals surface area contributed by atoms with Crippen LogP contribution >= 0.6 is 11.6 Å². The van der Waals surface area contributed by atoms with Gasteiger partial charge in [-0.25, -0.2) is 13.4 Å². The van der Waals surface area contributed by atoms with Gasteiger partial charge < -0.3 is 4.90 Å². The van der Waals surface area contributed by atoms with Gasteiger partial charge in [-0.2, -0.15) is 9.57 Å². The topological polar surface area (TPSA) is 120 Å². The first-order valence-electron chi connectivity index (χ1n) is 7.90. The molecule has 1 aliphatic rings. The van der Waals surface area contributed by atoms with Crippen molar-refractivity contribution in [3.8, 4) is 6.07 Å². The first-order valence-corrected chi connectivity index (χ1v) is 9.71. The van der Waals surface area contributed by atoms with Crippen molar-refractivity contribution in [2.45, 2.75) is 4.90 Å². The van der Waals surface area contributed by atoms with Crippen LogP contribution in [0.25, 0.3) is 0 Å². The number of nitro groups is 1. The van der Waals surface area contributed by atoms with E-state index in [-0.39, 0.29) is 34.4 Å². The van der Waals surface area contributed by atoms with Gasteiger partial charge in [0.1, 0.15) is 16.8 Å². The minimum Gasteiger partial charge on any atom is -0.354 e. The molecule has 9 nitrogen and oxygen atoms in total. The van der Waals surface area contributed by atoms with Gasteiger partial charge in [0.25, 0.3) is 0 Å². The molecule has 27 heavy (non-hydrogen) atoms. The van der Waals surface area contributed by atoms with E-state index in [4.69, 9.17) is 16.9 Å². The molecule has 3 rings (SSSR count). The number of piperazine rings is 1. The van der Waals surface area contributed by atoms with E-state index in [1.54, 1.807) is 23.1 Å². The van der Waals surface area contributed by atoms with Crippen molar-refractivity contribution in [1.29, 1.82) is 5.26 Å². The highest BCUT2D eigenvalue weighted by Gasteiger charge is 2.30. The van der Waals surface area contributed by atoms with Crippen LogP contribution in [0.5, 0.6) is 0 Å². The van der Waals surface area contributed by atoms with Crippen LogP contribution in [0.3, 0.4) is 0 Å². The molecule has 0 radical (unpaired) electrons. The summed E-state index contributed by atoms with van der Waals surface area (Å²) in [7, 11) is -3.72. The van der Waals surface area contributed by atoms with Crippen LogP contribution in [0.15, 0.2) is 41.3 Å². The fraction of sp³-hybridized carbons (Fsp3) is 0.250. The Kier molecular flexibility index (Phi) is 5.27. The molecule has 0 N–H and O–H groups in total. The smallest absolute Gasteiger partial charge is 0.305 e. The number of rotatable bonds is 4. The van der Waals surface area contributed by atoms with Crippen LogP contribution in [0.4, 0.5) is 11.5 Å². The highest BCUT2D eigenvalue weighted by molar-refractivity contribution is 7.89.